The molecule has 2 aromatic rings. The number of rotatable bonds is 4. The molecular formula is C20H16N2O2. The van der Waals surface area contributed by atoms with Crippen LogP contribution in [0.25, 0.3) is 5.57 Å². The van der Waals surface area contributed by atoms with Gasteiger partial charge in [0.1, 0.15) is 18.1 Å². The minimum Gasteiger partial charge on any atom is -0.487 e. The van der Waals surface area contributed by atoms with Crippen molar-refractivity contribution in [3.63, 3.8) is 0 Å². The molecule has 0 amide bonds. The van der Waals surface area contributed by atoms with Crippen LogP contribution in [-0.4, -0.2) is 24.3 Å². The molecule has 0 saturated carbocycles. The Morgan fingerprint density at radius 2 is 1.88 bits per heavy atom. The number of hydrogen-bond donors (Lipinski definition) is 0. The number of hydrogen-bond acceptors (Lipinski definition) is 4. The van der Waals surface area contributed by atoms with Crippen molar-refractivity contribution in [2.45, 2.75) is 12.8 Å². The maximum absolute atomic E-state index is 12.3. The highest BCUT2D eigenvalue weighted by Crippen LogP contribution is 2.30. The average molecular weight is 316 g/mol. The number of carbonyl (C=O) groups excluding carboxylic acids is 1. The first-order chi connectivity index (χ1) is 11.8. The van der Waals surface area contributed by atoms with Gasteiger partial charge in [0.25, 0.3) is 0 Å². The molecule has 0 fully saturated rings. The van der Waals surface area contributed by atoms with E-state index in [1.165, 1.54) is 0 Å². The van der Waals surface area contributed by atoms with Crippen molar-refractivity contribution < 1.29 is 9.53 Å². The van der Waals surface area contributed by atoms with Crippen LogP contribution >= 0.6 is 0 Å². The fourth-order valence-corrected chi connectivity index (χ4v) is 2.89. The van der Waals surface area contributed by atoms with Gasteiger partial charge in [-0.25, -0.2) is 4.99 Å². The predicted octanol–water partition coefficient (Wildman–Crippen LogP) is 3.78. The van der Waals surface area contributed by atoms with Gasteiger partial charge in [0, 0.05) is 30.8 Å². The number of para-hydroxylation sites is 2. The Balaban J connectivity index is 1.56. The molecule has 2 aromatic carbocycles. The van der Waals surface area contributed by atoms with E-state index >= 15 is 0 Å². The molecule has 118 valence electrons. The van der Waals surface area contributed by atoms with Crippen molar-refractivity contribution in [1.29, 1.82) is 0 Å². The lowest BCUT2D eigenvalue weighted by atomic mass is 10.0. The zero-order valence-electron chi connectivity index (χ0n) is 13.1. The molecule has 0 spiro atoms. The highest BCUT2D eigenvalue weighted by atomic mass is 16.5. The van der Waals surface area contributed by atoms with E-state index in [4.69, 9.17) is 4.74 Å². The molecule has 4 heteroatoms. The van der Waals surface area contributed by atoms with E-state index in [-0.39, 0.29) is 12.4 Å². The molecule has 2 aliphatic rings. The molecule has 4 nitrogen and oxygen atoms in total. The molecule has 0 radical (unpaired) electrons. The molecule has 0 saturated heterocycles. The van der Waals surface area contributed by atoms with Gasteiger partial charge in [-0.15, -0.1) is 0 Å². The Hall–Kier alpha value is -3.01. The largest absolute Gasteiger partial charge is 0.487 e. The number of fused-ring (bicyclic) bond motifs is 1. The second-order valence-electron chi connectivity index (χ2n) is 5.76. The van der Waals surface area contributed by atoms with E-state index in [9.17, 15) is 4.79 Å². The second-order valence-corrected chi connectivity index (χ2v) is 5.76. The summed E-state index contributed by atoms with van der Waals surface area (Å²) in [5.74, 6) is 0.776. The Labute approximate surface area is 140 Å². The van der Waals surface area contributed by atoms with Crippen LogP contribution in [0.5, 0.6) is 5.75 Å². The van der Waals surface area contributed by atoms with Crippen LogP contribution < -0.4 is 4.74 Å². The van der Waals surface area contributed by atoms with Crippen molar-refractivity contribution in [2.24, 2.45) is 9.98 Å². The smallest absolute Gasteiger partial charge is 0.185 e. The second kappa shape index (κ2) is 6.24. The van der Waals surface area contributed by atoms with Crippen LogP contribution in [0.1, 0.15) is 17.5 Å². The molecule has 0 aromatic heterocycles. The molecule has 0 N–H and O–H groups in total. The number of aliphatic imine (C=N–C) groups is 2. The average Bonchev–Trinajstić information content (AvgIpc) is 3.14. The topological polar surface area (TPSA) is 51.0 Å². The predicted molar refractivity (Wildman–Crippen MR) is 95.3 cm³/mol. The van der Waals surface area contributed by atoms with Gasteiger partial charge >= 0.3 is 0 Å². The first kappa shape index (κ1) is 14.6. The summed E-state index contributed by atoms with van der Waals surface area (Å²) in [5, 5.41) is 0. The van der Waals surface area contributed by atoms with Gasteiger partial charge in [-0.05, 0) is 23.3 Å². The SMILES string of the molecule is O=C1Cc2ccccc2N=C1COc1ccccc1C1=CN=CC1. The van der Waals surface area contributed by atoms with Gasteiger partial charge in [0.05, 0.1) is 5.69 Å². The normalized spacial score (nSPS) is 15.8. The number of allylic oxidation sites excluding steroid dienone is 1. The molecule has 0 unspecified atom stereocenters. The van der Waals surface area contributed by atoms with Crippen LogP contribution in [0.4, 0.5) is 5.69 Å². The lowest BCUT2D eigenvalue weighted by Gasteiger charge is -2.16. The molecule has 0 aliphatic carbocycles. The molecule has 0 bridgehead atoms. The van der Waals surface area contributed by atoms with Gasteiger partial charge in [-0.3, -0.25) is 9.79 Å². The van der Waals surface area contributed by atoms with E-state index in [1.807, 2.05) is 60.9 Å². The van der Waals surface area contributed by atoms with E-state index in [2.05, 4.69) is 9.98 Å². The number of ketones is 1. The summed E-state index contributed by atoms with van der Waals surface area (Å²) in [6, 6.07) is 15.5. The van der Waals surface area contributed by atoms with Gasteiger partial charge < -0.3 is 4.74 Å². The maximum atomic E-state index is 12.3. The summed E-state index contributed by atoms with van der Waals surface area (Å²) < 4.78 is 5.93. The zero-order valence-corrected chi connectivity index (χ0v) is 13.1. The number of nitrogens with zero attached hydrogens (tertiary/aromatic N) is 2. The third kappa shape index (κ3) is 2.78. The van der Waals surface area contributed by atoms with E-state index < -0.39 is 0 Å². The molecule has 2 heterocycles. The zero-order chi connectivity index (χ0) is 16.4. The highest BCUT2D eigenvalue weighted by Gasteiger charge is 2.21. The van der Waals surface area contributed by atoms with Gasteiger partial charge in [-0.1, -0.05) is 36.4 Å². The molecule has 24 heavy (non-hydrogen) atoms. The Kier molecular flexibility index (Phi) is 3.79. The van der Waals surface area contributed by atoms with E-state index in [1.54, 1.807) is 0 Å². The summed E-state index contributed by atoms with van der Waals surface area (Å²) >= 11 is 0. The number of benzene rings is 2. The molecular weight excluding hydrogens is 300 g/mol. The molecule has 0 atom stereocenters. The van der Waals surface area contributed by atoms with E-state index in [0.29, 0.717) is 12.1 Å². The maximum Gasteiger partial charge on any atom is 0.185 e. The third-order valence-electron chi connectivity index (χ3n) is 4.16. The monoisotopic (exact) mass is 316 g/mol. The summed E-state index contributed by atoms with van der Waals surface area (Å²) in [7, 11) is 0. The minimum absolute atomic E-state index is 0.0228. The lowest BCUT2D eigenvalue weighted by Crippen LogP contribution is -2.26. The highest BCUT2D eigenvalue weighted by molar-refractivity contribution is 6.42. The number of carbonyl (C=O) groups is 1. The van der Waals surface area contributed by atoms with Crippen LogP contribution in [-0.2, 0) is 11.2 Å². The van der Waals surface area contributed by atoms with Crippen LogP contribution in [0, 0.1) is 0 Å². The van der Waals surface area contributed by atoms with Crippen LogP contribution in [0.3, 0.4) is 0 Å². The first-order valence-electron chi connectivity index (χ1n) is 7.93. The Morgan fingerprint density at radius 1 is 1.04 bits per heavy atom. The quantitative estimate of drug-likeness (QED) is 0.862. The van der Waals surface area contributed by atoms with E-state index in [0.717, 1.165) is 34.6 Å². The molecule has 4 rings (SSSR count). The number of Topliss-reactive ketones (excluding diaryl/α,β-unsaturated/α-hetero) is 1. The number of ether oxygens (including phenoxy) is 1. The van der Waals surface area contributed by atoms with Crippen molar-refractivity contribution in [1.82, 2.24) is 0 Å². The van der Waals surface area contributed by atoms with Gasteiger partial charge in [-0.2, -0.15) is 0 Å². The summed E-state index contributed by atoms with van der Waals surface area (Å²) in [6.07, 6.45) is 4.91. The Morgan fingerprint density at radius 3 is 2.75 bits per heavy atom. The van der Waals surface area contributed by atoms with Crippen molar-refractivity contribution >= 4 is 29.0 Å². The van der Waals surface area contributed by atoms with Gasteiger partial charge in [0.15, 0.2) is 5.78 Å². The standard InChI is InChI=1S/C20H16N2O2/c23-19-11-14-5-1-3-7-17(14)22-18(19)13-24-20-8-4-2-6-16(20)15-9-10-21-12-15/h1-8,10,12H,9,11,13H2. The van der Waals surface area contributed by atoms with Crippen LogP contribution in [0.15, 0.2) is 64.7 Å². The van der Waals surface area contributed by atoms with Crippen molar-refractivity contribution in [3.8, 4) is 5.75 Å². The lowest BCUT2D eigenvalue weighted by molar-refractivity contribution is -0.112. The first-order valence-corrected chi connectivity index (χ1v) is 7.93. The minimum atomic E-state index is 0.0228. The fourth-order valence-electron chi connectivity index (χ4n) is 2.89. The van der Waals surface area contributed by atoms with Gasteiger partial charge in [0.2, 0.25) is 0 Å². The summed E-state index contributed by atoms with van der Waals surface area (Å²) in [6.45, 7) is 0.179. The summed E-state index contributed by atoms with van der Waals surface area (Å²) in [5.41, 5.74) is 4.43. The summed E-state index contributed by atoms with van der Waals surface area (Å²) in [4.78, 5) is 20.9. The van der Waals surface area contributed by atoms with Crippen molar-refractivity contribution in [3.05, 3.63) is 65.9 Å². The fraction of sp³-hybridized carbons (Fsp3) is 0.150. The third-order valence-corrected chi connectivity index (χ3v) is 4.16. The van der Waals surface area contributed by atoms with Crippen LogP contribution in [0.2, 0.25) is 0 Å². The Bertz CT molecular complexity index is 894. The molecule has 2 aliphatic heterocycles. The van der Waals surface area contributed by atoms with Crippen molar-refractivity contribution in [2.75, 3.05) is 6.61 Å².